The Balaban J connectivity index is 2.03. The van der Waals surface area contributed by atoms with E-state index in [0.29, 0.717) is 18.7 Å². The maximum absolute atomic E-state index is 12.5. The molecule has 0 saturated carbocycles. The van der Waals surface area contributed by atoms with Crippen LogP contribution in [0, 0.1) is 11.3 Å². The Bertz CT molecular complexity index is 723. The quantitative estimate of drug-likeness (QED) is 0.778. The molecule has 0 heterocycles. The van der Waals surface area contributed by atoms with Gasteiger partial charge in [0.2, 0.25) is 0 Å². The van der Waals surface area contributed by atoms with Gasteiger partial charge in [0.15, 0.2) is 0 Å². The van der Waals surface area contributed by atoms with Gasteiger partial charge in [-0.25, -0.2) is 4.79 Å². The van der Waals surface area contributed by atoms with Gasteiger partial charge in [-0.15, -0.1) is 0 Å². The van der Waals surface area contributed by atoms with Gasteiger partial charge in [-0.05, 0) is 37.4 Å². The number of carbonyl (C=O) groups is 1. The Morgan fingerprint density at radius 3 is 2.44 bits per heavy atom. The molecule has 2 aromatic carbocycles. The van der Waals surface area contributed by atoms with Gasteiger partial charge in [0, 0.05) is 19.6 Å². The van der Waals surface area contributed by atoms with Crippen LogP contribution in [0.15, 0.2) is 54.6 Å². The largest absolute Gasteiger partial charge is 0.445 e. The topological polar surface area (TPSA) is 56.6 Å². The number of likely N-dealkylation sites (N-methyl/N-ethyl adjacent to an activating group) is 1. The van der Waals surface area contributed by atoms with E-state index in [4.69, 9.17) is 10.00 Å². The van der Waals surface area contributed by atoms with Crippen molar-refractivity contribution in [3.63, 3.8) is 0 Å². The molecule has 1 amide bonds. The summed E-state index contributed by atoms with van der Waals surface area (Å²) in [6, 6.07) is 19.0. The fraction of sp³-hybridized carbons (Fsp3) is 0.300. The molecule has 130 valence electrons. The average molecular weight is 337 g/mol. The molecule has 0 N–H and O–H groups in total. The summed E-state index contributed by atoms with van der Waals surface area (Å²) in [5.74, 6) is 0. The van der Waals surface area contributed by atoms with Gasteiger partial charge in [0.25, 0.3) is 0 Å². The molecule has 0 saturated heterocycles. The molecular formula is C20H23N3O2. The number of benzene rings is 2. The van der Waals surface area contributed by atoms with Crippen LogP contribution in [0.3, 0.4) is 0 Å². The van der Waals surface area contributed by atoms with E-state index in [2.05, 4.69) is 6.07 Å². The van der Waals surface area contributed by atoms with Gasteiger partial charge in [-0.2, -0.15) is 5.26 Å². The van der Waals surface area contributed by atoms with E-state index in [0.717, 1.165) is 17.7 Å². The van der Waals surface area contributed by atoms with Crippen LogP contribution in [0.4, 0.5) is 4.79 Å². The third-order valence-corrected chi connectivity index (χ3v) is 3.71. The molecule has 0 fully saturated rings. The highest BCUT2D eigenvalue weighted by Gasteiger charge is 2.16. The molecule has 2 rings (SSSR count). The van der Waals surface area contributed by atoms with Gasteiger partial charge < -0.3 is 14.5 Å². The third-order valence-electron chi connectivity index (χ3n) is 3.71. The van der Waals surface area contributed by atoms with E-state index in [-0.39, 0.29) is 12.7 Å². The highest BCUT2D eigenvalue weighted by Crippen LogP contribution is 2.10. The molecule has 5 nitrogen and oxygen atoms in total. The zero-order valence-corrected chi connectivity index (χ0v) is 14.7. The van der Waals surface area contributed by atoms with Crippen molar-refractivity contribution < 1.29 is 9.53 Å². The van der Waals surface area contributed by atoms with Crippen LogP contribution in [0.2, 0.25) is 0 Å². The van der Waals surface area contributed by atoms with Crippen LogP contribution in [0.5, 0.6) is 0 Å². The Kier molecular flexibility index (Phi) is 7.00. The van der Waals surface area contributed by atoms with Crippen LogP contribution in [-0.2, 0) is 17.9 Å². The van der Waals surface area contributed by atoms with Crippen LogP contribution < -0.4 is 0 Å². The highest BCUT2D eigenvalue weighted by molar-refractivity contribution is 5.67. The summed E-state index contributed by atoms with van der Waals surface area (Å²) in [5.41, 5.74) is 2.45. The number of hydrogen-bond acceptors (Lipinski definition) is 4. The molecule has 25 heavy (non-hydrogen) atoms. The molecule has 0 unspecified atom stereocenters. The summed E-state index contributed by atoms with van der Waals surface area (Å²) in [6.07, 6.45) is -0.354. The predicted octanol–water partition coefficient (Wildman–Crippen LogP) is 3.26. The Morgan fingerprint density at radius 2 is 1.76 bits per heavy atom. The van der Waals surface area contributed by atoms with Crippen molar-refractivity contribution in [1.82, 2.24) is 9.80 Å². The summed E-state index contributed by atoms with van der Waals surface area (Å²) in [4.78, 5) is 16.2. The van der Waals surface area contributed by atoms with Crippen molar-refractivity contribution in [2.45, 2.75) is 13.2 Å². The summed E-state index contributed by atoms with van der Waals surface area (Å²) in [7, 11) is 3.92. The van der Waals surface area contributed by atoms with Crippen molar-refractivity contribution in [2.24, 2.45) is 0 Å². The molecule has 0 atom stereocenters. The summed E-state index contributed by atoms with van der Waals surface area (Å²) in [6.45, 7) is 1.95. The molecule has 0 aliphatic rings. The highest BCUT2D eigenvalue weighted by atomic mass is 16.6. The normalized spacial score (nSPS) is 10.3. The van der Waals surface area contributed by atoms with Crippen molar-refractivity contribution in [2.75, 3.05) is 27.2 Å². The predicted molar refractivity (Wildman–Crippen MR) is 96.7 cm³/mol. The Labute approximate surface area is 149 Å². The second kappa shape index (κ2) is 9.45. The molecule has 0 radical (unpaired) electrons. The zero-order chi connectivity index (χ0) is 18.1. The van der Waals surface area contributed by atoms with Crippen LogP contribution in [0.25, 0.3) is 0 Å². The first kappa shape index (κ1) is 18.5. The average Bonchev–Trinajstić information content (AvgIpc) is 2.64. The Morgan fingerprint density at radius 1 is 1.04 bits per heavy atom. The van der Waals surface area contributed by atoms with Gasteiger partial charge in [0.1, 0.15) is 6.61 Å². The lowest BCUT2D eigenvalue weighted by molar-refractivity contribution is 0.0911. The van der Waals surface area contributed by atoms with Crippen molar-refractivity contribution in [1.29, 1.82) is 5.26 Å². The monoisotopic (exact) mass is 337 g/mol. The lowest BCUT2D eigenvalue weighted by atomic mass is 10.1. The first-order valence-corrected chi connectivity index (χ1v) is 8.18. The Hall–Kier alpha value is -2.84. The molecule has 0 aliphatic carbocycles. The fourth-order valence-corrected chi connectivity index (χ4v) is 2.33. The molecule has 0 bridgehead atoms. The minimum atomic E-state index is -0.354. The molecule has 2 aromatic rings. The lowest BCUT2D eigenvalue weighted by Gasteiger charge is -2.24. The number of ether oxygens (including phenoxy) is 1. The zero-order valence-electron chi connectivity index (χ0n) is 14.7. The number of carbonyl (C=O) groups excluding carboxylic acids is 1. The van der Waals surface area contributed by atoms with E-state index in [1.54, 1.807) is 17.0 Å². The minimum absolute atomic E-state index is 0.246. The number of rotatable bonds is 7. The van der Waals surface area contributed by atoms with E-state index < -0.39 is 0 Å². The van der Waals surface area contributed by atoms with Crippen molar-refractivity contribution in [3.8, 4) is 6.07 Å². The second-order valence-corrected chi connectivity index (χ2v) is 6.08. The van der Waals surface area contributed by atoms with E-state index >= 15 is 0 Å². The second-order valence-electron chi connectivity index (χ2n) is 6.08. The SMILES string of the molecule is CN(C)CCN(Cc1cccc(C#N)c1)C(=O)OCc1ccccc1. The lowest BCUT2D eigenvalue weighted by Crippen LogP contribution is -2.36. The van der Waals surface area contributed by atoms with E-state index in [1.807, 2.05) is 61.5 Å². The van der Waals surface area contributed by atoms with Gasteiger partial charge >= 0.3 is 6.09 Å². The maximum atomic E-state index is 12.5. The number of amides is 1. The van der Waals surface area contributed by atoms with Crippen molar-refractivity contribution >= 4 is 6.09 Å². The molecular weight excluding hydrogens is 314 g/mol. The molecule has 0 aliphatic heterocycles. The number of nitriles is 1. The molecule has 0 aromatic heterocycles. The van der Waals surface area contributed by atoms with E-state index in [1.165, 1.54) is 0 Å². The third kappa shape index (κ3) is 6.28. The van der Waals surface area contributed by atoms with Crippen molar-refractivity contribution in [3.05, 3.63) is 71.3 Å². The summed E-state index contributed by atoms with van der Waals surface area (Å²) in [5, 5.41) is 9.03. The number of hydrogen-bond donors (Lipinski definition) is 0. The first-order chi connectivity index (χ1) is 12.1. The standard InChI is InChI=1S/C20H23N3O2/c1-22(2)11-12-23(15-19-10-6-9-18(13-19)14-21)20(24)25-16-17-7-4-3-5-8-17/h3-10,13H,11-12,15-16H2,1-2H3. The first-order valence-electron chi connectivity index (χ1n) is 8.18. The molecule has 5 heteroatoms. The van der Waals surface area contributed by atoms with E-state index in [9.17, 15) is 4.79 Å². The summed E-state index contributed by atoms with van der Waals surface area (Å²) >= 11 is 0. The summed E-state index contributed by atoms with van der Waals surface area (Å²) < 4.78 is 5.45. The van der Waals surface area contributed by atoms with Gasteiger partial charge in [0.05, 0.1) is 11.6 Å². The van der Waals surface area contributed by atoms with Gasteiger partial charge in [-0.1, -0.05) is 42.5 Å². The maximum Gasteiger partial charge on any atom is 0.410 e. The molecule has 0 spiro atoms. The van der Waals surface area contributed by atoms with Crippen LogP contribution in [0.1, 0.15) is 16.7 Å². The van der Waals surface area contributed by atoms with Crippen LogP contribution >= 0.6 is 0 Å². The van der Waals surface area contributed by atoms with Gasteiger partial charge in [-0.3, -0.25) is 0 Å². The van der Waals surface area contributed by atoms with Crippen LogP contribution in [-0.4, -0.2) is 43.1 Å². The smallest absolute Gasteiger partial charge is 0.410 e. The number of nitrogens with zero attached hydrogens (tertiary/aromatic N) is 3. The minimum Gasteiger partial charge on any atom is -0.445 e. The fourth-order valence-electron chi connectivity index (χ4n) is 2.33.